The molecule has 0 unspecified atom stereocenters. The van der Waals surface area contributed by atoms with Crippen LogP contribution in [0.4, 0.5) is 10.7 Å². The van der Waals surface area contributed by atoms with Crippen molar-refractivity contribution in [1.82, 2.24) is 29.9 Å². The molecule has 1 saturated heterocycles. The van der Waals surface area contributed by atoms with Crippen molar-refractivity contribution in [1.29, 1.82) is 0 Å². The average Bonchev–Trinajstić information content (AvgIpc) is 3.31. The van der Waals surface area contributed by atoms with Gasteiger partial charge >= 0.3 is 6.09 Å². The first kappa shape index (κ1) is 24.3. The third kappa shape index (κ3) is 6.02. The fourth-order valence-corrected chi connectivity index (χ4v) is 3.99. The van der Waals surface area contributed by atoms with E-state index in [2.05, 4.69) is 20.3 Å². The van der Waals surface area contributed by atoms with E-state index in [0.29, 0.717) is 56.0 Å². The molecule has 35 heavy (non-hydrogen) atoms. The van der Waals surface area contributed by atoms with Crippen LogP contribution in [0.15, 0.2) is 41.4 Å². The molecule has 0 atom stereocenters. The van der Waals surface area contributed by atoms with Gasteiger partial charge in [-0.25, -0.2) is 28.0 Å². The lowest BCUT2D eigenvalue weighted by Gasteiger charge is -2.34. The van der Waals surface area contributed by atoms with Crippen LogP contribution in [0.3, 0.4) is 0 Å². The maximum atomic E-state index is 11.9. The van der Waals surface area contributed by atoms with Gasteiger partial charge in [-0.1, -0.05) is 5.21 Å². The van der Waals surface area contributed by atoms with Gasteiger partial charge in [-0.2, -0.15) is 4.98 Å². The number of ether oxygens (including phenoxy) is 2. The molecule has 3 aromatic rings. The lowest BCUT2D eigenvalue weighted by atomic mass is 10.3. The van der Waals surface area contributed by atoms with Crippen LogP contribution < -0.4 is 14.8 Å². The van der Waals surface area contributed by atoms with Crippen LogP contribution in [0.25, 0.3) is 5.69 Å². The number of amides is 1. The Morgan fingerprint density at radius 1 is 1.11 bits per heavy atom. The highest BCUT2D eigenvalue weighted by molar-refractivity contribution is 7.89. The molecule has 2 N–H and O–H groups in total. The number of nitrogens with two attached hydrogens (primary N) is 1. The predicted octanol–water partition coefficient (Wildman–Crippen LogP) is 0.871. The summed E-state index contributed by atoms with van der Waals surface area (Å²) in [5, 5.41) is 13.3. The Morgan fingerprint density at radius 2 is 1.83 bits per heavy atom. The molecule has 0 bridgehead atoms. The van der Waals surface area contributed by atoms with Gasteiger partial charge in [0, 0.05) is 37.9 Å². The SMILES string of the molecule is CCOC(=O)N1CCN(c2nc(C)cc(OCc3cn(-c4ccc(S(N)(=O)=O)cc4)nn3)n2)CC1. The fourth-order valence-electron chi connectivity index (χ4n) is 3.47. The fraction of sp³-hybridized carbons (Fsp3) is 0.381. The van der Waals surface area contributed by atoms with Gasteiger partial charge in [0.25, 0.3) is 0 Å². The molecule has 0 aliphatic carbocycles. The van der Waals surface area contributed by atoms with E-state index in [1.807, 2.05) is 11.8 Å². The van der Waals surface area contributed by atoms with Crippen LogP contribution in [0.1, 0.15) is 18.3 Å². The zero-order chi connectivity index (χ0) is 25.0. The van der Waals surface area contributed by atoms with E-state index in [4.69, 9.17) is 14.6 Å². The number of carbonyl (C=O) groups is 1. The molecule has 0 spiro atoms. The zero-order valence-electron chi connectivity index (χ0n) is 19.4. The lowest BCUT2D eigenvalue weighted by Crippen LogP contribution is -2.49. The topological polar surface area (TPSA) is 159 Å². The minimum Gasteiger partial charge on any atom is -0.471 e. The number of aryl methyl sites for hydroxylation is 1. The highest BCUT2D eigenvalue weighted by atomic mass is 32.2. The van der Waals surface area contributed by atoms with Gasteiger partial charge in [0.1, 0.15) is 12.3 Å². The third-order valence-corrected chi connectivity index (χ3v) is 6.18. The van der Waals surface area contributed by atoms with Gasteiger partial charge in [-0.3, -0.25) is 0 Å². The maximum absolute atomic E-state index is 11.9. The molecule has 13 nitrogen and oxygen atoms in total. The highest BCUT2D eigenvalue weighted by Gasteiger charge is 2.24. The average molecular weight is 503 g/mol. The molecule has 4 rings (SSSR count). The van der Waals surface area contributed by atoms with Crippen molar-refractivity contribution >= 4 is 22.1 Å². The van der Waals surface area contributed by atoms with E-state index >= 15 is 0 Å². The summed E-state index contributed by atoms with van der Waals surface area (Å²) in [5.74, 6) is 0.925. The Labute approximate surface area is 202 Å². The van der Waals surface area contributed by atoms with E-state index in [9.17, 15) is 13.2 Å². The van der Waals surface area contributed by atoms with Crippen molar-refractivity contribution in [3.8, 4) is 11.6 Å². The van der Waals surface area contributed by atoms with E-state index in [-0.39, 0.29) is 17.6 Å². The molecule has 1 aromatic carbocycles. The van der Waals surface area contributed by atoms with Crippen LogP contribution in [-0.2, 0) is 21.4 Å². The Bertz CT molecular complexity index is 1290. The van der Waals surface area contributed by atoms with Crippen LogP contribution in [-0.4, -0.2) is 77.2 Å². The second-order valence-electron chi connectivity index (χ2n) is 7.80. The number of hydrogen-bond acceptors (Lipinski definition) is 10. The quantitative estimate of drug-likeness (QED) is 0.491. The third-order valence-electron chi connectivity index (χ3n) is 5.25. The molecule has 1 aliphatic heterocycles. The van der Waals surface area contributed by atoms with Gasteiger partial charge in [0.2, 0.25) is 21.9 Å². The van der Waals surface area contributed by atoms with Gasteiger partial charge in [-0.05, 0) is 38.1 Å². The number of aromatic nitrogens is 5. The number of rotatable bonds is 7. The van der Waals surface area contributed by atoms with Crippen molar-refractivity contribution in [3.05, 3.63) is 47.9 Å². The molecule has 1 fully saturated rings. The Kier molecular flexibility index (Phi) is 7.12. The maximum Gasteiger partial charge on any atom is 0.409 e. The summed E-state index contributed by atoms with van der Waals surface area (Å²) in [7, 11) is -3.76. The number of carbonyl (C=O) groups excluding carboxylic acids is 1. The molecular formula is C21H26N8O5S. The lowest BCUT2D eigenvalue weighted by molar-refractivity contribution is 0.105. The van der Waals surface area contributed by atoms with Gasteiger partial charge in [0.05, 0.1) is 23.4 Å². The Balaban J connectivity index is 1.38. The standard InChI is InChI=1S/C21H26N8O5S/c1-3-33-21(30)28-10-8-27(9-11-28)20-23-15(2)12-19(24-20)34-14-16-13-29(26-25-16)17-4-6-18(7-5-17)35(22,31)32/h4-7,12-13H,3,8-11,14H2,1-2H3,(H2,22,31,32). The van der Waals surface area contributed by atoms with Gasteiger partial charge in [-0.15, -0.1) is 5.10 Å². The van der Waals surface area contributed by atoms with E-state index < -0.39 is 10.0 Å². The van der Waals surface area contributed by atoms with Crippen molar-refractivity contribution in [3.63, 3.8) is 0 Å². The van der Waals surface area contributed by atoms with Crippen LogP contribution >= 0.6 is 0 Å². The van der Waals surface area contributed by atoms with Crippen molar-refractivity contribution < 1.29 is 22.7 Å². The van der Waals surface area contributed by atoms with Crippen molar-refractivity contribution in [2.24, 2.45) is 5.14 Å². The van der Waals surface area contributed by atoms with Crippen molar-refractivity contribution in [2.75, 3.05) is 37.7 Å². The number of primary sulfonamides is 1. The number of piperazine rings is 1. The van der Waals surface area contributed by atoms with Gasteiger partial charge in [0.15, 0.2) is 0 Å². The molecule has 1 aliphatic rings. The van der Waals surface area contributed by atoms with Crippen LogP contribution in [0.5, 0.6) is 5.88 Å². The summed E-state index contributed by atoms with van der Waals surface area (Å²) >= 11 is 0. The van der Waals surface area contributed by atoms with E-state index in [1.54, 1.807) is 36.2 Å². The molecule has 186 valence electrons. The summed E-state index contributed by atoms with van der Waals surface area (Å²) < 4.78 is 35.2. The number of nitrogens with zero attached hydrogens (tertiary/aromatic N) is 7. The molecular weight excluding hydrogens is 476 g/mol. The Morgan fingerprint density at radius 3 is 2.49 bits per heavy atom. The van der Waals surface area contributed by atoms with Crippen molar-refractivity contribution in [2.45, 2.75) is 25.3 Å². The summed E-state index contributed by atoms with van der Waals surface area (Å²) in [5.41, 5.74) is 1.93. The minimum atomic E-state index is -3.76. The number of benzene rings is 1. The molecule has 0 saturated carbocycles. The monoisotopic (exact) mass is 502 g/mol. The normalized spacial score (nSPS) is 14.1. The number of anilines is 1. The smallest absolute Gasteiger partial charge is 0.409 e. The molecule has 3 heterocycles. The minimum absolute atomic E-state index is 0.0159. The number of hydrogen-bond donors (Lipinski definition) is 1. The molecule has 14 heteroatoms. The summed E-state index contributed by atoms with van der Waals surface area (Å²) in [6, 6.07) is 7.71. The second kappa shape index (κ2) is 10.2. The first-order valence-electron chi connectivity index (χ1n) is 10.9. The van der Waals surface area contributed by atoms with Crippen LogP contribution in [0, 0.1) is 6.92 Å². The highest BCUT2D eigenvalue weighted by Crippen LogP contribution is 2.19. The predicted molar refractivity (Wildman–Crippen MR) is 125 cm³/mol. The van der Waals surface area contributed by atoms with Crippen LogP contribution in [0.2, 0.25) is 0 Å². The van der Waals surface area contributed by atoms with E-state index in [1.165, 1.54) is 16.8 Å². The number of sulfonamides is 1. The van der Waals surface area contributed by atoms with E-state index in [0.717, 1.165) is 5.69 Å². The Hall–Kier alpha value is -3.78. The van der Waals surface area contributed by atoms with Gasteiger partial charge < -0.3 is 19.3 Å². The largest absolute Gasteiger partial charge is 0.471 e. The summed E-state index contributed by atoms with van der Waals surface area (Å²) in [4.78, 5) is 24.6. The summed E-state index contributed by atoms with van der Waals surface area (Å²) in [6.45, 7) is 6.32. The second-order valence-corrected chi connectivity index (χ2v) is 9.36. The first-order valence-corrected chi connectivity index (χ1v) is 12.5. The summed E-state index contributed by atoms with van der Waals surface area (Å²) in [6.07, 6.45) is 1.37. The molecule has 0 radical (unpaired) electrons. The zero-order valence-corrected chi connectivity index (χ0v) is 20.2. The first-order chi connectivity index (χ1) is 16.7. The molecule has 1 amide bonds. The molecule has 2 aromatic heterocycles.